The summed E-state index contributed by atoms with van der Waals surface area (Å²) in [6.45, 7) is 3.03. The summed E-state index contributed by atoms with van der Waals surface area (Å²) in [7, 11) is 0. The summed E-state index contributed by atoms with van der Waals surface area (Å²) < 4.78 is -0.925. The molecule has 0 saturated heterocycles. The maximum atomic E-state index is 10.3. The average molecular weight is 167 g/mol. The predicted molar refractivity (Wildman–Crippen MR) is 39.9 cm³/mol. The molecule has 0 fully saturated rings. The number of rotatable bonds is 2. The van der Waals surface area contributed by atoms with Gasteiger partial charge >= 0.3 is 0 Å². The van der Waals surface area contributed by atoms with E-state index in [1.54, 1.807) is 6.92 Å². The molecule has 0 spiro atoms. The molecule has 0 aromatic carbocycles. The van der Waals surface area contributed by atoms with Gasteiger partial charge in [-0.2, -0.15) is 0 Å². The third-order valence-corrected chi connectivity index (χ3v) is 0.863. The van der Waals surface area contributed by atoms with Crippen molar-refractivity contribution in [2.75, 3.05) is 0 Å². The lowest BCUT2D eigenvalue weighted by atomic mass is 10.3. The Bertz CT molecular complexity index is 132. The van der Waals surface area contributed by atoms with Crippen LogP contribution >= 0.6 is 23.2 Å². The number of hydrogen-bond donors (Lipinski definition) is 0. The van der Waals surface area contributed by atoms with Crippen LogP contribution in [0.1, 0.15) is 13.8 Å². The van der Waals surface area contributed by atoms with Crippen LogP contribution in [0.4, 0.5) is 0 Å². The quantitative estimate of drug-likeness (QED) is 0.455. The molecule has 9 heavy (non-hydrogen) atoms. The van der Waals surface area contributed by atoms with Gasteiger partial charge in [-0.15, -0.1) is 0 Å². The van der Waals surface area contributed by atoms with Gasteiger partial charge in [0.25, 0.3) is 0 Å². The summed E-state index contributed by atoms with van der Waals surface area (Å²) >= 11 is 11.0. The lowest BCUT2D eigenvalue weighted by Gasteiger charge is -2.03. The summed E-state index contributed by atoms with van der Waals surface area (Å²) in [5.74, 6) is -0.0532. The standard InChI is InChI=1S/C6H8Cl2O/c1-5(9)3-4-6(2,7)8/h3-4H,1-2H3/b4-3+. The van der Waals surface area contributed by atoms with Crippen LogP contribution in [-0.2, 0) is 4.79 Å². The third-order valence-electron chi connectivity index (χ3n) is 0.611. The van der Waals surface area contributed by atoms with Crippen molar-refractivity contribution < 1.29 is 4.79 Å². The number of carbonyl (C=O) groups excluding carboxylic acids is 1. The summed E-state index contributed by atoms with van der Waals surface area (Å²) in [4.78, 5) is 10.3. The van der Waals surface area contributed by atoms with E-state index < -0.39 is 4.33 Å². The zero-order chi connectivity index (χ0) is 7.49. The van der Waals surface area contributed by atoms with Gasteiger partial charge < -0.3 is 0 Å². The number of carbonyl (C=O) groups is 1. The lowest BCUT2D eigenvalue weighted by molar-refractivity contribution is -0.112. The molecule has 0 aliphatic heterocycles. The fraction of sp³-hybridized carbons (Fsp3) is 0.500. The normalized spacial score (nSPS) is 12.4. The number of alkyl halides is 2. The van der Waals surface area contributed by atoms with Gasteiger partial charge in [-0.05, 0) is 26.0 Å². The molecule has 0 unspecified atom stereocenters. The van der Waals surface area contributed by atoms with Crippen molar-refractivity contribution in [3.05, 3.63) is 12.2 Å². The summed E-state index contributed by atoms with van der Waals surface area (Å²) in [5, 5.41) is 0. The highest BCUT2D eigenvalue weighted by molar-refractivity contribution is 6.49. The smallest absolute Gasteiger partial charge is 0.152 e. The van der Waals surface area contributed by atoms with Crippen molar-refractivity contribution in [1.82, 2.24) is 0 Å². The highest BCUT2D eigenvalue weighted by Crippen LogP contribution is 2.20. The van der Waals surface area contributed by atoms with Gasteiger partial charge in [0.2, 0.25) is 0 Å². The molecule has 0 atom stereocenters. The molecule has 0 aliphatic carbocycles. The van der Waals surface area contributed by atoms with Gasteiger partial charge in [-0.1, -0.05) is 23.2 Å². The van der Waals surface area contributed by atoms with Crippen molar-refractivity contribution in [1.29, 1.82) is 0 Å². The van der Waals surface area contributed by atoms with Gasteiger partial charge in [-0.25, -0.2) is 0 Å². The monoisotopic (exact) mass is 166 g/mol. The van der Waals surface area contributed by atoms with Crippen LogP contribution in [0, 0.1) is 0 Å². The number of allylic oxidation sites excluding steroid dienone is 2. The maximum Gasteiger partial charge on any atom is 0.152 e. The van der Waals surface area contributed by atoms with Crippen molar-refractivity contribution >= 4 is 29.0 Å². The van der Waals surface area contributed by atoms with Gasteiger partial charge in [0.15, 0.2) is 5.78 Å². The molecule has 0 heterocycles. The van der Waals surface area contributed by atoms with E-state index in [1.807, 2.05) is 0 Å². The predicted octanol–water partition coefficient (Wildman–Crippen LogP) is 2.33. The van der Waals surface area contributed by atoms with Crippen molar-refractivity contribution in [2.45, 2.75) is 18.2 Å². The topological polar surface area (TPSA) is 17.1 Å². The minimum absolute atomic E-state index is 0.0532. The van der Waals surface area contributed by atoms with E-state index in [2.05, 4.69) is 0 Å². The second-order valence-electron chi connectivity index (χ2n) is 1.90. The van der Waals surface area contributed by atoms with Crippen LogP contribution in [0.5, 0.6) is 0 Å². The summed E-state index contributed by atoms with van der Waals surface area (Å²) in [6.07, 6.45) is 2.79. The van der Waals surface area contributed by atoms with Crippen LogP contribution in [0.3, 0.4) is 0 Å². The van der Waals surface area contributed by atoms with Gasteiger partial charge in [0.05, 0.1) is 0 Å². The molecule has 0 rings (SSSR count). The van der Waals surface area contributed by atoms with E-state index in [4.69, 9.17) is 23.2 Å². The third kappa shape index (κ3) is 7.99. The highest BCUT2D eigenvalue weighted by Gasteiger charge is 2.09. The van der Waals surface area contributed by atoms with Crippen LogP contribution in [0.15, 0.2) is 12.2 Å². The average Bonchev–Trinajstić information content (AvgIpc) is 1.59. The molecule has 0 saturated carbocycles. The lowest BCUT2D eigenvalue weighted by Crippen LogP contribution is -2.00. The number of halogens is 2. The van der Waals surface area contributed by atoms with Crippen molar-refractivity contribution in [3.63, 3.8) is 0 Å². The van der Waals surface area contributed by atoms with Gasteiger partial charge in [0.1, 0.15) is 4.33 Å². The minimum atomic E-state index is -0.925. The van der Waals surface area contributed by atoms with Crippen LogP contribution < -0.4 is 0 Å². The Morgan fingerprint density at radius 3 is 2.11 bits per heavy atom. The molecule has 0 aliphatic rings. The van der Waals surface area contributed by atoms with E-state index in [9.17, 15) is 4.79 Å². The Hall–Kier alpha value is -0.0100. The first-order chi connectivity index (χ1) is 3.92. The Morgan fingerprint density at radius 2 is 2.00 bits per heavy atom. The number of hydrogen-bond acceptors (Lipinski definition) is 1. The molecule has 0 bridgehead atoms. The Morgan fingerprint density at radius 1 is 1.56 bits per heavy atom. The number of ketones is 1. The molecule has 0 aromatic rings. The van der Waals surface area contributed by atoms with Crippen molar-refractivity contribution in [2.24, 2.45) is 0 Å². The molecule has 0 aromatic heterocycles. The molecule has 0 radical (unpaired) electrons. The Labute approximate surface area is 64.6 Å². The van der Waals surface area contributed by atoms with Gasteiger partial charge in [0, 0.05) is 0 Å². The SMILES string of the molecule is CC(=O)/C=C/C(C)(Cl)Cl. The molecule has 52 valence electrons. The molecular formula is C6H8Cl2O. The first kappa shape index (κ1) is 8.99. The Balaban J connectivity index is 3.86. The zero-order valence-electron chi connectivity index (χ0n) is 5.32. The van der Waals surface area contributed by atoms with Crippen LogP contribution in [-0.4, -0.2) is 10.1 Å². The second-order valence-corrected chi connectivity index (χ2v) is 3.66. The first-order valence-corrected chi connectivity index (χ1v) is 3.25. The molecular weight excluding hydrogens is 159 g/mol. The molecule has 3 heteroatoms. The molecule has 1 nitrogen and oxygen atoms in total. The highest BCUT2D eigenvalue weighted by atomic mass is 35.5. The Kier molecular flexibility index (Phi) is 3.23. The van der Waals surface area contributed by atoms with Crippen molar-refractivity contribution in [3.8, 4) is 0 Å². The second kappa shape index (κ2) is 3.23. The van der Waals surface area contributed by atoms with E-state index in [-0.39, 0.29) is 5.78 Å². The largest absolute Gasteiger partial charge is 0.295 e. The summed E-state index contributed by atoms with van der Waals surface area (Å²) in [6, 6.07) is 0. The molecule has 0 amide bonds. The van der Waals surface area contributed by atoms with Crippen LogP contribution in [0.25, 0.3) is 0 Å². The van der Waals surface area contributed by atoms with Crippen LogP contribution in [0.2, 0.25) is 0 Å². The zero-order valence-corrected chi connectivity index (χ0v) is 6.83. The van der Waals surface area contributed by atoms with E-state index in [1.165, 1.54) is 19.1 Å². The fourth-order valence-electron chi connectivity index (χ4n) is 0.264. The van der Waals surface area contributed by atoms with E-state index in [0.717, 1.165) is 0 Å². The van der Waals surface area contributed by atoms with Gasteiger partial charge in [-0.3, -0.25) is 4.79 Å². The minimum Gasteiger partial charge on any atom is -0.295 e. The first-order valence-electron chi connectivity index (χ1n) is 2.49. The summed E-state index contributed by atoms with van der Waals surface area (Å²) in [5.41, 5.74) is 0. The van der Waals surface area contributed by atoms with E-state index in [0.29, 0.717) is 0 Å². The molecule has 0 N–H and O–H groups in total. The maximum absolute atomic E-state index is 10.3. The fourth-order valence-corrected chi connectivity index (χ4v) is 0.390. The van der Waals surface area contributed by atoms with E-state index >= 15 is 0 Å².